The minimum absolute atomic E-state index is 0.206. The van der Waals surface area contributed by atoms with Crippen molar-refractivity contribution >= 4 is 27.5 Å². The van der Waals surface area contributed by atoms with Gasteiger partial charge in [-0.2, -0.15) is 5.26 Å². The molecule has 2 aromatic carbocycles. The van der Waals surface area contributed by atoms with E-state index < -0.39 is 0 Å². The number of rotatable bonds is 3. The van der Waals surface area contributed by atoms with Gasteiger partial charge in [-0.1, -0.05) is 21.1 Å². The summed E-state index contributed by atoms with van der Waals surface area (Å²) in [5, 5.41) is 19.4. The van der Waals surface area contributed by atoms with Crippen LogP contribution in [0.15, 0.2) is 59.2 Å². The maximum atomic E-state index is 12.2. The van der Waals surface area contributed by atoms with E-state index in [4.69, 9.17) is 5.26 Å². The van der Waals surface area contributed by atoms with E-state index in [1.165, 1.54) is 10.9 Å². The molecule has 1 aromatic heterocycles. The molecular formula is C16H10BrN5O. The molecule has 3 rings (SSSR count). The number of carbonyl (C=O) groups excluding carboxylic acids is 1. The molecule has 0 aliphatic heterocycles. The third kappa shape index (κ3) is 3.44. The monoisotopic (exact) mass is 367 g/mol. The van der Waals surface area contributed by atoms with Crippen LogP contribution >= 0.6 is 15.9 Å². The highest BCUT2D eigenvalue weighted by molar-refractivity contribution is 9.10. The number of benzene rings is 2. The zero-order chi connectivity index (χ0) is 16.2. The highest BCUT2D eigenvalue weighted by atomic mass is 79.9. The number of hydrogen-bond acceptors (Lipinski definition) is 4. The van der Waals surface area contributed by atoms with Gasteiger partial charge in [0.1, 0.15) is 0 Å². The Bertz CT molecular complexity index is 878. The maximum Gasteiger partial charge on any atom is 0.277 e. The summed E-state index contributed by atoms with van der Waals surface area (Å²) in [5.41, 5.74) is 2.16. The Hall–Kier alpha value is -2.98. The van der Waals surface area contributed by atoms with Crippen LogP contribution < -0.4 is 5.32 Å². The molecule has 0 atom stereocenters. The quantitative estimate of drug-likeness (QED) is 0.770. The summed E-state index contributed by atoms with van der Waals surface area (Å²) in [7, 11) is 0. The SMILES string of the molecule is N#Cc1ccc(-n2cc(C(=O)Nc3ccc(Br)cc3)nn2)cc1. The Kier molecular flexibility index (Phi) is 4.17. The predicted octanol–water partition coefficient (Wildman–Crippen LogP) is 3.15. The minimum Gasteiger partial charge on any atom is -0.321 e. The van der Waals surface area contributed by atoms with Crippen molar-refractivity contribution in [1.82, 2.24) is 15.0 Å². The molecule has 3 aromatic rings. The molecule has 112 valence electrons. The van der Waals surface area contributed by atoms with Crippen LogP contribution in [0.5, 0.6) is 0 Å². The molecule has 1 amide bonds. The molecule has 0 bridgehead atoms. The summed E-state index contributed by atoms with van der Waals surface area (Å²) >= 11 is 3.34. The normalized spacial score (nSPS) is 10.1. The van der Waals surface area contributed by atoms with Gasteiger partial charge in [-0.25, -0.2) is 4.68 Å². The van der Waals surface area contributed by atoms with Crippen LogP contribution in [0.1, 0.15) is 16.1 Å². The Labute approximate surface area is 140 Å². The molecule has 1 N–H and O–H groups in total. The molecule has 0 radical (unpaired) electrons. The highest BCUT2D eigenvalue weighted by Gasteiger charge is 2.12. The standard InChI is InChI=1S/C16H10BrN5O/c17-12-3-5-13(6-4-12)19-16(23)15-10-22(21-20-15)14-7-1-11(9-18)2-8-14/h1-8,10H,(H,19,23). The number of halogens is 1. The van der Waals surface area contributed by atoms with Crippen LogP contribution in [0.3, 0.4) is 0 Å². The summed E-state index contributed by atoms with van der Waals surface area (Å²) in [6, 6.07) is 16.1. The zero-order valence-corrected chi connectivity index (χ0v) is 13.4. The lowest BCUT2D eigenvalue weighted by Gasteiger charge is -2.02. The second-order valence-electron chi connectivity index (χ2n) is 4.67. The number of nitrogens with zero attached hydrogens (tertiary/aromatic N) is 4. The number of amides is 1. The summed E-state index contributed by atoms with van der Waals surface area (Å²) in [6.07, 6.45) is 1.54. The number of nitrogens with one attached hydrogen (secondary N) is 1. The van der Waals surface area contributed by atoms with Crippen LogP contribution in [0.4, 0.5) is 5.69 Å². The van der Waals surface area contributed by atoms with E-state index in [9.17, 15) is 4.79 Å². The first-order valence-corrected chi connectivity index (χ1v) is 7.45. The summed E-state index contributed by atoms with van der Waals surface area (Å²) in [5.74, 6) is -0.341. The molecule has 7 heteroatoms. The van der Waals surface area contributed by atoms with Gasteiger partial charge in [0.05, 0.1) is 23.5 Å². The van der Waals surface area contributed by atoms with Gasteiger partial charge in [-0.3, -0.25) is 4.79 Å². The maximum absolute atomic E-state index is 12.2. The molecule has 0 aliphatic carbocycles. The molecule has 1 heterocycles. The fraction of sp³-hybridized carbons (Fsp3) is 0. The van der Waals surface area contributed by atoms with E-state index in [2.05, 4.69) is 31.6 Å². The van der Waals surface area contributed by atoms with E-state index in [1.54, 1.807) is 36.4 Å². The number of aromatic nitrogens is 3. The van der Waals surface area contributed by atoms with Gasteiger partial charge in [-0.15, -0.1) is 5.10 Å². The molecule has 23 heavy (non-hydrogen) atoms. The van der Waals surface area contributed by atoms with Crippen LogP contribution in [-0.2, 0) is 0 Å². The second-order valence-corrected chi connectivity index (χ2v) is 5.58. The van der Waals surface area contributed by atoms with E-state index in [0.717, 1.165) is 10.2 Å². The van der Waals surface area contributed by atoms with Crippen LogP contribution in [0.2, 0.25) is 0 Å². The second kappa shape index (κ2) is 6.42. The number of anilines is 1. The van der Waals surface area contributed by atoms with E-state index >= 15 is 0 Å². The molecular weight excluding hydrogens is 358 g/mol. The fourth-order valence-corrected chi connectivity index (χ4v) is 2.18. The third-order valence-corrected chi connectivity index (χ3v) is 3.62. The number of carbonyl (C=O) groups is 1. The Morgan fingerprint density at radius 2 is 1.83 bits per heavy atom. The Balaban J connectivity index is 1.76. The fourth-order valence-electron chi connectivity index (χ4n) is 1.91. The number of nitriles is 1. The van der Waals surface area contributed by atoms with Gasteiger partial charge < -0.3 is 5.32 Å². The third-order valence-electron chi connectivity index (χ3n) is 3.09. The van der Waals surface area contributed by atoms with Gasteiger partial charge in [0.25, 0.3) is 5.91 Å². The van der Waals surface area contributed by atoms with E-state index in [-0.39, 0.29) is 11.6 Å². The van der Waals surface area contributed by atoms with E-state index in [1.807, 2.05) is 18.2 Å². The number of hydrogen-bond donors (Lipinski definition) is 1. The van der Waals surface area contributed by atoms with Crippen molar-refractivity contribution in [3.8, 4) is 11.8 Å². The lowest BCUT2D eigenvalue weighted by atomic mass is 10.2. The molecule has 0 saturated carbocycles. The lowest BCUT2D eigenvalue weighted by molar-refractivity contribution is 0.102. The van der Waals surface area contributed by atoms with Crippen molar-refractivity contribution in [3.05, 3.63) is 70.5 Å². The molecule has 0 saturated heterocycles. The van der Waals surface area contributed by atoms with Gasteiger partial charge in [0, 0.05) is 10.2 Å². The van der Waals surface area contributed by atoms with Crippen LogP contribution in [-0.4, -0.2) is 20.9 Å². The van der Waals surface area contributed by atoms with E-state index in [0.29, 0.717) is 11.3 Å². The van der Waals surface area contributed by atoms with Gasteiger partial charge >= 0.3 is 0 Å². The first-order chi connectivity index (χ1) is 11.2. The molecule has 6 nitrogen and oxygen atoms in total. The van der Waals surface area contributed by atoms with Crippen molar-refractivity contribution in [2.45, 2.75) is 0 Å². The highest BCUT2D eigenvalue weighted by Crippen LogP contribution is 2.15. The zero-order valence-electron chi connectivity index (χ0n) is 11.8. The van der Waals surface area contributed by atoms with Gasteiger partial charge in [0.2, 0.25) is 0 Å². The summed E-state index contributed by atoms with van der Waals surface area (Å²) < 4.78 is 2.42. The first kappa shape index (κ1) is 14.9. The van der Waals surface area contributed by atoms with Crippen molar-refractivity contribution in [1.29, 1.82) is 5.26 Å². The van der Waals surface area contributed by atoms with Crippen LogP contribution in [0.25, 0.3) is 5.69 Å². The smallest absolute Gasteiger partial charge is 0.277 e. The van der Waals surface area contributed by atoms with Crippen molar-refractivity contribution < 1.29 is 4.79 Å². The molecule has 0 fully saturated rings. The topological polar surface area (TPSA) is 83.6 Å². The van der Waals surface area contributed by atoms with Crippen molar-refractivity contribution in [3.63, 3.8) is 0 Å². The lowest BCUT2D eigenvalue weighted by Crippen LogP contribution is -2.12. The molecule has 0 aliphatic rings. The molecule has 0 spiro atoms. The largest absolute Gasteiger partial charge is 0.321 e. The predicted molar refractivity (Wildman–Crippen MR) is 88.2 cm³/mol. The Morgan fingerprint density at radius 3 is 2.48 bits per heavy atom. The first-order valence-electron chi connectivity index (χ1n) is 6.65. The van der Waals surface area contributed by atoms with Crippen molar-refractivity contribution in [2.24, 2.45) is 0 Å². The average molecular weight is 368 g/mol. The molecule has 0 unspecified atom stereocenters. The minimum atomic E-state index is -0.341. The van der Waals surface area contributed by atoms with Crippen molar-refractivity contribution in [2.75, 3.05) is 5.32 Å². The average Bonchev–Trinajstić information content (AvgIpc) is 3.07. The summed E-state index contributed by atoms with van der Waals surface area (Å²) in [4.78, 5) is 12.2. The van der Waals surface area contributed by atoms with Gasteiger partial charge in [-0.05, 0) is 48.5 Å². The summed E-state index contributed by atoms with van der Waals surface area (Å²) in [6.45, 7) is 0. The van der Waals surface area contributed by atoms with Crippen LogP contribution in [0, 0.1) is 11.3 Å². The van der Waals surface area contributed by atoms with Gasteiger partial charge in [0.15, 0.2) is 5.69 Å². The Morgan fingerprint density at radius 1 is 1.13 bits per heavy atom.